The van der Waals surface area contributed by atoms with Gasteiger partial charge in [-0.25, -0.2) is 9.48 Å². The van der Waals surface area contributed by atoms with Gasteiger partial charge in [-0.1, -0.05) is 72.6 Å². The number of hydrogen-bond acceptors (Lipinski definition) is 2. The molecule has 0 fully saturated rings. The van der Waals surface area contributed by atoms with Gasteiger partial charge in [0.25, 0.3) is 0 Å². The lowest BCUT2D eigenvalue weighted by Crippen LogP contribution is -2.38. The highest BCUT2D eigenvalue weighted by molar-refractivity contribution is 6.33. The molecule has 196 valence electrons. The first kappa shape index (κ1) is 25.0. The molecule has 2 amide bonds. The summed E-state index contributed by atoms with van der Waals surface area (Å²) in [7, 11) is 0. The van der Waals surface area contributed by atoms with Crippen molar-refractivity contribution in [1.82, 2.24) is 19.2 Å². The Labute approximate surface area is 233 Å². The fourth-order valence-electron chi connectivity index (χ4n) is 5.45. The molecular formula is C32H30ClN5O. The Morgan fingerprint density at radius 1 is 0.974 bits per heavy atom. The van der Waals surface area contributed by atoms with E-state index in [-0.39, 0.29) is 12.1 Å². The van der Waals surface area contributed by atoms with Crippen molar-refractivity contribution in [3.63, 3.8) is 0 Å². The zero-order valence-electron chi connectivity index (χ0n) is 22.2. The number of halogens is 1. The summed E-state index contributed by atoms with van der Waals surface area (Å²) >= 11 is 6.53. The molecule has 1 atom stereocenters. The van der Waals surface area contributed by atoms with E-state index in [0.29, 0.717) is 17.3 Å². The molecule has 5 aromatic rings. The first-order chi connectivity index (χ1) is 18.9. The van der Waals surface area contributed by atoms with E-state index in [4.69, 9.17) is 16.7 Å². The van der Waals surface area contributed by atoms with E-state index in [2.05, 4.69) is 66.3 Å². The van der Waals surface area contributed by atoms with Crippen LogP contribution in [0.15, 0.2) is 91.1 Å². The van der Waals surface area contributed by atoms with E-state index in [1.165, 1.54) is 0 Å². The van der Waals surface area contributed by atoms with Gasteiger partial charge >= 0.3 is 6.03 Å². The van der Waals surface area contributed by atoms with Gasteiger partial charge in [0.1, 0.15) is 5.82 Å². The van der Waals surface area contributed by atoms with Crippen LogP contribution in [-0.4, -0.2) is 25.3 Å². The average molecular weight is 536 g/mol. The lowest BCUT2D eigenvalue weighted by Gasteiger charge is -2.31. The summed E-state index contributed by atoms with van der Waals surface area (Å²) in [5.41, 5.74) is 7.76. The van der Waals surface area contributed by atoms with E-state index in [1.54, 1.807) is 0 Å². The molecule has 0 saturated carbocycles. The van der Waals surface area contributed by atoms with Gasteiger partial charge in [0.2, 0.25) is 0 Å². The van der Waals surface area contributed by atoms with Crippen molar-refractivity contribution in [2.24, 2.45) is 0 Å². The highest BCUT2D eigenvalue weighted by Gasteiger charge is 2.36. The number of fused-ring (bicyclic) bond motifs is 3. The first-order valence-corrected chi connectivity index (χ1v) is 13.6. The van der Waals surface area contributed by atoms with E-state index >= 15 is 0 Å². The molecule has 0 bridgehead atoms. The number of hydrogen-bond donors (Lipinski definition) is 1. The number of para-hydroxylation sites is 1. The molecule has 39 heavy (non-hydrogen) atoms. The zero-order chi connectivity index (χ0) is 27.1. The van der Waals surface area contributed by atoms with Crippen LogP contribution in [-0.2, 0) is 13.0 Å². The Morgan fingerprint density at radius 3 is 2.51 bits per heavy atom. The normalized spacial score (nSPS) is 14.5. The number of amides is 2. The molecule has 2 aromatic heterocycles. The van der Waals surface area contributed by atoms with Crippen LogP contribution in [0.25, 0.3) is 11.5 Å². The van der Waals surface area contributed by atoms with Crippen molar-refractivity contribution in [1.29, 1.82) is 0 Å². The monoisotopic (exact) mass is 535 g/mol. The third-order valence-electron chi connectivity index (χ3n) is 7.29. The van der Waals surface area contributed by atoms with E-state index in [9.17, 15) is 4.79 Å². The van der Waals surface area contributed by atoms with Gasteiger partial charge in [0.05, 0.1) is 40.4 Å². The van der Waals surface area contributed by atoms with Crippen molar-refractivity contribution < 1.29 is 4.79 Å². The van der Waals surface area contributed by atoms with Crippen LogP contribution in [0.4, 0.5) is 10.5 Å². The number of urea groups is 1. The van der Waals surface area contributed by atoms with Gasteiger partial charge in [0, 0.05) is 11.8 Å². The summed E-state index contributed by atoms with van der Waals surface area (Å²) in [6.45, 7) is 6.55. The number of aryl methyl sites for hydroxylation is 3. The molecular weight excluding hydrogens is 506 g/mol. The summed E-state index contributed by atoms with van der Waals surface area (Å²) in [5, 5.41) is 8.64. The standard InChI is InChI=1S/C32H30ClN5O/c1-4-27-25-20-37(32(39)34-28-16-15-22(3)19-26(28)33)30(23-11-8-10-21(2)18-23)29-14-9-17-36(29)31(25)38(35-27)24-12-6-5-7-13-24/h5-19,30H,4,20H2,1-3H3,(H,34,39). The first-order valence-electron chi connectivity index (χ1n) is 13.2. The molecule has 0 spiro atoms. The fraction of sp³-hybridized carbons (Fsp3) is 0.188. The molecule has 1 unspecified atom stereocenters. The molecule has 1 aliphatic rings. The Hall–Kier alpha value is -4.29. The average Bonchev–Trinajstić information content (AvgIpc) is 3.51. The maximum atomic E-state index is 14.2. The van der Waals surface area contributed by atoms with E-state index in [0.717, 1.165) is 51.6 Å². The predicted octanol–water partition coefficient (Wildman–Crippen LogP) is 7.63. The van der Waals surface area contributed by atoms with Crippen LogP contribution < -0.4 is 5.32 Å². The number of aromatic nitrogens is 3. The van der Waals surface area contributed by atoms with Crippen molar-refractivity contribution in [2.75, 3.05) is 5.32 Å². The van der Waals surface area contributed by atoms with Gasteiger partial charge in [-0.3, -0.25) is 0 Å². The number of carbonyl (C=O) groups excluding carboxylic acids is 1. The molecule has 1 aliphatic heterocycles. The summed E-state index contributed by atoms with van der Waals surface area (Å²) in [4.78, 5) is 16.1. The second-order valence-electron chi connectivity index (χ2n) is 10.0. The fourth-order valence-corrected chi connectivity index (χ4v) is 5.73. The number of carbonyl (C=O) groups is 1. The Balaban J connectivity index is 1.55. The Morgan fingerprint density at radius 2 is 1.77 bits per heavy atom. The van der Waals surface area contributed by atoms with Gasteiger partial charge in [-0.2, -0.15) is 5.10 Å². The van der Waals surface area contributed by atoms with Gasteiger partial charge < -0.3 is 14.8 Å². The molecule has 6 nitrogen and oxygen atoms in total. The van der Waals surface area contributed by atoms with Crippen LogP contribution >= 0.6 is 11.6 Å². The van der Waals surface area contributed by atoms with Crippen molar-refractivity contribution in [2.45, 2.75) is 39.8 Å². The smallest absolute Gasteiger partial charge is 0.307 e. The molecule has 0 saturated heterocycles. The third kappa shape index (κ3) is 4.51. The minimum absolute atomic E-state index is 0.220. The minimum Gasteiger partial charge on any atom is -0.307 e. The van der Waals surface area contributed by atoms with Gasteiger partial charge in [-0.15, -0.1) is 0 Å². The highest BCUT2D eigenvalue weighted by atomic mass is 35.5. The van der Waals surface area contributed by atoms with Gasteiger partial charge in [0.15, 0.2) is 0 Å². The second kappa shape index (κ2) is 10.1. The topological polar surface area (TPSA) is 55.1 Å². The summed E-state index contributed by atoms with van der Waals surface area (Å²) < 4.78 is 4.19. The van der Waals surface area contributed by atoms with Crippen LogP contribution in [0.3, 0.4) is 0 Å². The Bertz CT molecular complexity index is 1670. The van der Waals surface area contributed by atoms with Crippen LogP contribution in [0.2, 0.25) is 5.02 Å². The summed E-state index contributed by atoms with van der Waals surface area (Å²) in [6, 6.07) is 27.8. The number of nitrogens with zero attached hydrogens (tertiary/aromatic N) is 4. The van der Waals surface area contributed by atoms with Gasteiger partial charge in [-0.05, 0) is 67.8 Å². The number of nitrogens with one attached hydrogen (secondary N) is 1. The molecule has 3 aromatic carbocycles. The number of anilines is 1. The summed E-state index contributed by atoms with van der Waals surface area (Å²) in [5.74, 6) is 0.958. The quantitative estimate of drug-likeness (QED) is 0.257. The third-order valence-corrected chi connectivity index (χ3v) is 7.60. The zero-order valence-corrected chi connectivity index (χ0v) is 23.0. The number of benzene rings is 3. The Kier molecular flexibility index (Phi) is 6.49. The molecule has 7 heteroatoms. The van der Waals surface area contributed by atoms with Crippen LogP contribution in [0.1, 0.15) is 46.6 Å². The largest absolute Gasteiger partial charge is 0.323 e. The molecule has 0 aliphatic carbocycles. The molecule has 3 heterocycles. The lowest BCUT2D eigenvalue weighted by atomic mass is 10.00. The predicted molar refractivity (Wildman–Crippen MR) is 156 cm³/mol. The van der Waals surface area contributed by atoms with Crippen LogP contribution in [0.5, 0.6) is 0 Å². The molecule has 0 radical (unpaired) electrons. The molecule has 6 rings (SSSR count). The second-order valence-corrected chi connectivity index (χ2v) is 10.4. The van der Waals surface area contributed by atoms with E-state index in [1.807, 2.05) is 65.0 Å². The maximum absolute atomic E-state index is 14.2. The summed E-state index contributed by atoms with van der Waals surface area (Å²) in [6.07, 6.45) is 2.81. The minimum atomic E-state index is -0.328. The van der Waals surface area contributed by atoms with Crippen LogP contribution in [0, 0.1) is 13.8 Å². The number of rotatable bonds is 4. The SMILES string of the molecule is CCc1nn(-c2ccccc2)c2c1CN(C(=O)Nc1ccc(C)cc1Cl)C(c1cccc(C)c1)c1cccn1-2. The maximum Gasteiger partial charge on any atom is 0.323 e. The van der Waals surface area contributed by atoms with E-state index < -0.39 is 0 Å². The molecule has 1 N–H and O–H groups in total. The lowest BCUT2D eigenvalue weighted by molar-refractivity contribution is 0.194. The van der Waals surface area contributed by atoms with Crippen molar-refractivity contribution in [3.8, 4) is 11.5 Å². The van der Waals surface area contributed by atoms with Crippen molar-refractivity contribution in [3.05, 3.63) is 130 Å². The van der Waals surface area contributed by atoms with Crippen molar-refractivity contribution >= 4 is 23.3 Å². The highest BCUT2D eigenvalue weighted by Crippen LogP contribution is 2.39.